The number of rotatable bonds is 14. The summed E-state index contributed by atoms with van der Waals surface area (Å²) in [4.78, 5) is 35.8. The van der Waals surface area contributed by atoms with E-state index in [1.165, 1.54) is 73.8 Å². The number of sulfonamides is 2. The van der Waals surface area contributed by atoms with E-state index in [1.807, 2.05) is 0 Å². The van der Waals surface area contributed by atoms with Gasteiger partial charge < -0.3 is 27.3 Å². The van der Waals surface area contributed by atoms with Crippen LogP contribution < -0.4 is 35.9 Å². The van der Waals surface area contributed by atoms with E-state index in [4.69, 9.17) is 21.9 Å². The highest BCUT2D eigenvalue weighted by atomic mass is 32.2. The number of nitrogens with one attached hydrogen (secondary N) is 1. The molecule has 7 N–H and O–H groups in total. The van der Waals surface area contributed by atoms with Gasteiger partial charge >= 0.3 is 0 Å². The van der Waals surface area contributed by atoms with Crippen LogP contribution in [0.2, 0.25) is 0 Å². The number of nitrogens with two attached hydrogens (primary N) is 3. The van der Waals surface area contributed by atoms with Crippen LogP contribution in [0.15, 0.2) is 94.7 Å². The largest absolute Gasteiger partial charge is 0.497 e. The maximum absolute atomic E-state index is 13.9. The van der Waals surface area contributed by atoms with Crippen LogP contribution in [0, 0.1) is 0 Å². The van der Waals surface area contributed by atoms with Crippen molar-refractivity contribution in [2.45, 2.75) is 16.2 Å². The molecular formula is C30H32N6O8S2. The SMILES string of the molecule is COc1ccc(S(=O)(=O)N(CC(N)=O)c2ccc(N(CC(N)=O)S(=O)(=O)c3ccc(NC(=O)CCN)cc3)c3ccccc23)cc1. The van der Waals surface area contributed by atoms with Gasteiger partial charge in [-0.2, -0.15) is 0 Å². The molecule has 0 radical (unpaired) electrons. The van der Waals surface area contributed by atoms with E-state index >= 15 is 0 Å². The lowest BCUT2D eigenvalue weighted by Gasteiger charge is -2.28. The van der Waals surface area contributed by atoms with E-state index < -0.39 is 45.0 Å². The number of primary amides is 2. The van der Waals surface area contributed by atoms with Crippen molar-refractivity contribution < 1.29 is 36.0 Å². The third-order valence-electron chi connectivity index (χ3n) is 6.76. The minimum Gasteiger partial charge on any atom is -0.497 e. The van der Waals surface area contributed by atoms with Crippen LogP contribution in [0.1, 0.15) is 6.42 Å². The Morgan fingerprint density at radius 1 is 0.696 bits per heavy atom. The molecule has 46 heavy (non-hydrogen) atoms. The Balaban J connectivity index is 1.85. The van der Waals surface area contributed by atoms with E-state index in [9.17, 15) is 31.2 Å². The molecule has 0 aliphatic heterocycles. The zero-order valence-electron chi connectivity index (χ0n) is 24.6. The average Bonchev–Trinajstić information content (AvgIpc) is 3.02. The van der Waals surface area contributed by atoms with Gasteiger partial charge in [-0.1, -0.05) is 24.3 Å². The molecule has 4 aromatic carbocycles. The second-order valence-electron chi connectivity index (χ2n) is 9.89. The molecule has 4 rings (SSSR count). The van der Waals surface area contributed by atoms with Gasteiger partial charge in [-0.25, -0.2) is 16.8 Å². The summed E-state index contributed by atoms with van der Waals surface area (Å²) in [7, 11) is -7.39. The zero-order valence-corrected chi connectivity index (χ0v) is 26.3. The van der Waals surface area contributed by atoms with Crippen LogP contribution in [-0.2, 0) is 34.4 Å². The summed E-state index contributed by atoms with van der Waals surface area (Å²) in [6.45, 7) is -1.34. The van der Waals surface area contributed by atoms with Crippen molar-refractivity contribution >= 4 is 65.6 Å². The van der Waals surface area contributed by atoms with Gasteiger partial charge in [0.25, 0.3) is 20.0 Å². The maximum Gasteiger partial charge on any atom is 0.264 e. The van der Waals surface area contributed by atoms with Crippen molar-refractivity contribution in [2.24, 2.45) is 17.2 Å². The molecule has 0 unspecified atom stereocenters. The highest BCUT2D eigenvalue weighted by Crippen LogP contribution is 2.38. The van der Waals surface area contributed by atoms with Crippen LogP contribution in [0.5, 0.6) is 5.75 Å². The molecule has 0 aliphatic rings. The first-order valence-corrected chi connectivity index (χ1v) is 16.6. The first-order valence-electron chi connectivity index (χ1n) is 13.7. The molecule has 0 spiro atoms. The number of ether oxygens (including phenoxy) is 1. The minimum atomic E-state index is -4.44. The number of benzene rings is 4. The fourth-order valence-corrected chi connectivity index (χ4v) is 7.55. The fourth-order valence-electron chi connectivity index (χ4n) is 4.65. The number of hydrogen-bond acceptors (Lipinski definition) is 9. The highest BCUT2D eigenvalue weighted by molar-refractivity contribution is 7.93. The Morgan fingerprint density at radius 2 is 1.13 bits per heavy atom. The number of amides is 3. The summed E-state index contributed by atoms with van der Waals surface area (Å²) in [6.07, 6.45) is 0.0772. The second kappa shape index (κ2) is 13.8. The Kier molecular flexibility index (Phi) is 10.1. The monoisotopic (exact) mass is 668 g/mol. The van der Waals surface area contributed by atoms with Gasteiger partial charge in [0.05, 0.1) is 28.3 Å². The highest BCUT2D eigenvalue weighted by Gasteiger charge is 2.32. The van der Waals surface area contributed by atoms with E-state index in [2.05, 4.69) is 5.32 Å². The molecule has 0 atom stereocenters. The number of nitrogens with zero attached hydrogens (tertiary/aromatic N) is 2. The molecule has 16 heteroatoms. The lowest BCUT2D eigenvalue weighted by molar-refractivity contribution is -0.117. The van der Waals surface area contributed by atoms with Crippen LogP contribution in [0.3, 0.4) is 0 Å². The van der Waals surface area contributed by atoms with Gasteiger partial charge in [0.15, 0.2) is 0 Å². The summed E-state index contributed by atoms with van der Waals surface area (Å²) < 4.78 is 62.3. The third kappa shape index (κ3) is 7.20. The predicted molar refractivity (Wildman–Crippen MR) is 173 cm³/mol. The van der Waals surface area contributed by atoms with Crippen molar-refractivity contribution in [3.63, 3.8) is 0 Å². The molecule has 0 bridgehead atoms. The van der Waals surface area contributed by atoms with Crippen LogP contribution in [0.4, 0.5) is 17.1 Å². The number of hydrogen-bond donors (Lipinski definition) is 4. The van der Waals surface area contributed by atoms with Crippen molar-refractivity contribution in [1.29, 1.82) is 0 Å². The van der Waals surface area contributed by atoms with Crippen molar-refractivity contribution in [3.05, 3.63) is 84.9 Å². The number of carbonyl (C=O) groups excluding carboxylic acids is 3. The molecule has 0 fully saturated rings. The van der Waals surface area contributed by atoms with E-state index in [-0.39, 0.29) is 50.8 Å². The van der Waals surface area contributed by atoms with Crippen LogP contribution in [0.25, 0.3) is 10.8 Å². The predicted octanol–water partition coefficient (Wildman–Crippen LogP) is 1.50. The molecule has 0 saturated heterocycles. The number of methoxy groups -OCH3 is 1. The van der Waals surface area contributed by atoms with Crippen molar-refractivity contribution in [2.75, 3.05) is 40.7 Å². The Hall–Kier alpha value is -5.19. The first kappa shape index (κ1) is 33.7. The zero-order chi connectivity index (χ0) is 33.6. The maximum atomic E-state index is 13.9. The van der Waals surface area contributed by atoms with Crippen LogP contribution >= 0.6 is 0 Å². The summed E-state index contributed by atoms with van der Waals surface area (Å²) >= 11 is 0. The normalized spacial score (nSPS) is 11.5. The van der Waals surface area contributed by atoms with Gasteiger partial charge in [0.2, 0.25) is 17.7 Å². The summed E-state index contributed by atoms with van der Waals surface area (Å²) in [5.74, 6) is -1.83. The molecule has 0 heterocycles. The molecule has 242 valence electrons. The van der Waals surface area contributed by atoms with Gasteiger partial charge in [-0.3, -0.25) is 23.0 Å². The van der Waals surface area contributed by atoms with E-state index in [1.54, 1.807) is 18.2 Å². The molecule has 0 saturated carbocycles. The molecule has 0 aliphatic carbocycles. The quantitative estimate of drug-likeness (QED) is 0.152. The average molecular weight is 669 g/mol. The molecule has 0 aromatic heterocycles. The standard InChI is InChI=1S/C30H32N6O8S2/c1-44-21-8-12-23(13-9-21)46(42,43)36(19-29(33)38)27-15-14-26(24-4-2-3-5-25(24)27)35(18-28(32)37)45(40,41)22-10-6-20(7-11-22)34-30(39)16-17-31/h2-15H,16-19,31H2,1H3,(H2,32,37)(H2,33,38)(H,34,39). The van der Waals surface area contributed by atoms with Crippen molar-refractivity contribution in [1.82, 2.24) is 0 Å². The third-order valence-corrected chi connectivity index (χ3v) is 10.3. The topological polar surface area (TPSA) is 225 Å². The molecular weight excluding hydrogens is 636 g/mol. The number of carbonyl (C=O) groups is 3. The van der Waals surface area contributed by atoms with Crippen molar-refractivity contribution in [3.8, 4) is 5.75 Å². The summed E-state index contributed by atoms with van der Waals surface area (Å²) in [5, 5.41) is 3.07. The molecule has 3 amide bonds. The lowest BCUT2D eigenvalue weighted by Crippen LogP contribution is -2.39. The van der Waals surface area contributed by atoms with Gasteiger partial charge in [0, 0.05) is 29.4 Å². The van der Waals surface area contributed by atoms with Gasteiger partial charge in [-0.15, -0.1) is 0 Å². The number of fused-ring (bicyclic) bond motifs is 1. The van der Waals surface area contributed by atoms with E-state index in [0.29, 0.717) is 11.4 Å². The second-order valence-corrected chi connectivity index (χ2v) is 13.6. The Labute approximate surface area is 265 Å². The van der Waals surface area contributed by atoms with E-state index in [0.717, 1.165) is 8.61 Å². The number of anilines is 3. The molecule has 4 aromatic rings. The first-order chi connectivity index (χ1) is 21.8. The summed E-state index contributed by atoms with van der Waals surface area (Å²) in [5.41, 5.74) is 16.7. The van der Waals surface area contributed by atoms with Gasteiger partial charge in [0.1, 0.15) is 18.8 Å². The fraction of sp³-hybridized carbons (Fsp3) is 0.167. The minimum absolute atomic E-state index is 0.0133. The lowest BCUT2D eigenvalue weighted by atomic mass is 10.1. The smallest absolute Gasteiger partial charge is 0.264 e. The molecule has 14 nitrogen and oxygen atoms in total. The summed E-state index contributed by atoms with van der Waals surface area (Å²) in [6, 6.07) is 19.7. The van der Waals surface area contributed by atoms with Gasteiger partial charge in [-0.05, 0) is 60.7 Å². The Morgan fingerprint density at radius 3 is 1.52 bits per heavy atom. The van der Waals surface area contributed by atoms with Crippen LogP contribution in [-0.4, -0.2) is 61.3 Å². The Bertz CT molecular complexity index is 1980.